The molecule has 6 nitrogen and oxygen atoms in total. The number of carbonyl (C=O) groups excluding carboxylic acids is 1. The molecule has 0 saturated heterocycles. The van der Waals surface area contributed by atoms with Gasteiger partial charge in [0, 0.05) is 17.8 Å². The van der Waals surface area contributed by atoms with Gasteiger partial charge in [0.25, 0.3) is 0 Å². The predicted octanol–water partition coefficient (Wildman–Crippen LogP) is 4.33. The van der Waals surface area contributed by atoms with E-state index in [1.54, 1.807) is 56.8 Å². The molecule has 6 heteroatoms. The Kier molecular flexibility index (Phi) is 6.84. The zero-order valence-electron chi connectivity index (χ0n) is 16.3. The highest BCUT2D eigenvalue weighted by molar-refractivity contribution is 6.02. The second-order valence-electron chi connectivity index (χ2n) is 6.05. The lowest BCUT2D eigenvalue weighted by molar-refractivity contribution is -0.111. The molecule has 1 amide bonds. The largest absolute Gasteiger partial charge is 0.497 e. The van der Waals surface area contributed by atoms with Crippen molar-refractivity contribution >= 4 is 17.8 Å². The molecule has 148 valence electrons. The van der Waals surface area contributed by atoms with Crippen LogP contribution in [-0.2, 0) is 11.4 Å². The van der Waals surface area contributed by atoms with Crippen LogP contribution in [0.2, 0.25) is 0 Å². The lowest BCUT2D eigenvalue weighted by Crippen LogP contribution is -2.11. The van der Waals surface area contributed by atoms with Crippen LogP contribution in [0, 0.1) is 0 Å². The van der Waals surface area contributed by atoms with E-state index in [4.69, 9.17) is 14.2 Å². The van der Waals surface area contributed by atoms with Crippen molar-refractivity contribution in [3.05, 3.63) is 84.1 Å². The number of aromatic nitrogens is 1. The number of ether oxygens (including phenoxy) is 3. The fourth-order valence-electron chi connectivity index (χ4n) is 2.63. The molecule has 0 unspecified atom stereocenters. The van der Waals surface area contributed by atoms with Gasteiger partial charge < -0.3 is 19.5 Å². The maximum Gasteiger partial charge on any atom is 0.249 e. The number of pyridine rings is 1. The van der Waals surface area contributed by atoms with Gasteiger partial charge in [-0.3, -0.25) is 4.79 Å². The van der Waals surface area contributed by atoms with E-state index in [9.17, 15) is 4.79 Å². The maximum absolute atomic E-state index is 12.4. The second-order valence-corrected chi connectivity index (χ2v) is 6.05. The fraction of sp³-hybridized carbons (Fsp3) is 0.130. The molecular formula is C23H22N2O4. The van der Waals surface area contributed by atoms with E-state index < -0.39 is 0 Å². The van der Waals surface area contributed by atoms with E-state index in [0.29, 0.717) is 29.7 Å². The summed E-state index contributed by atoms with van der Waals surface area (Å²) in [6.45, 7) is 0.381. The van der Waals surface area contributed by atoms with E-state index in [0.717, 1.165) is 11.1 Å². The minimum atomic E-state index is -0.335. The van der Waals surface area contributed by atoms with Gasteiger partial charge in [-0.2, -0.15) is 0 Å². The molecule has 0 bridgehead atoms. The van der Waals surface area contributed by atoms with Crippen LogP contribution in [0.25, 0.3) is 6.08 Å². The molecule has 0 aliphatic rings. The van der Waals surface area contributed by atoms with Crippen molar-refractivity contribution in [3.63, 3.8) is 0 Å². The molecule has 0 radical (unpaired) electrons. The average Bonchev–Trinajstić information content (AvgIpc) is 2.77. The first-order valence-electron chi connectivity index (χ1n) is 9.02. The molecule has 1 heterocycles. The van der Waals surface area contributed by atoms with Gasteiger partial charge in [-0.1, -0.05) is 30.3 Å². The molecule has 1 N–H and O–H groups in total. The van der Waals surface area contributed by atoms with Crippen molar-refractivity contribution in [1.29, 1.82) is 0 Å². The molecular weight excluding hydrogens is 368 g/mol. The quantitative estimate of drug-likeness (QED) is 0.580. The highest BCUT2D eigenvalue weighted by atomic mass is 16.5. The first-order chi connectivity index (χ1) is 14.2. The number of nitrogens with one attached hydrogen (secondary N) is 1. The molecule has 1 aromatic heterocycles. The Morgan fingerprint density at radius 3 is 2.59 bits per heavy atom. The molecule has 0 atom stereocenters. The molecule has 0 saturated carbocycles. The van der Waals surface area contributed by atoms with E-state index >= 15 is 0 Å². The van der Waals surface area contributed by atoms with E-state index in [2.05, 4.69) is 10.3 Å². The molecule has 3 rings (SSSR count). The lowest BCUT2D eigenvalue weighted by atomic mass is 10.1. The Hall–Kier alpha value is -3.80. The maximum atomic E-state index is 12.4. The molecule has 2 aromatic carbocycles. The summed E-state index contributed by atoms with van der Waals surface area (Å²) in [4.78, 5) is 16.6. The third-order valence-electron chi connectivity index (χ3n) is 4.10. The molecule has 29 heavy (non-hydrogen) atoms. The normalized spacial score (nSPS) is 10.6. The summed E-state index contributed by atoms with van der Waals surface area (Å²) in [5, 5.41) is 2.75. The van der Waals surface area contributed by atoms with E-state index in [1.807, 2.05) is 30.3 Å². The Balaban J connectivity index is 1.69. The van der Waals surface area contributed by atoms with Crippen LogP contribution in [-0.4, -0.2) is 25.1 Å². The van der Waals surface area contributed by atoms with Crippen LogP contribution in [0.4, 0.5) is 5.82 Å². The zero-order valence-corrected chi connectivity index (χ0v) is 16.3. The second kappa shape index (κ2) is 9.94. The number of amides is 1. The Bertz CT molecular complexity index is 987. The summed E-state index contributed by atoms with van der Waals surface area (Å²) in [6, 6.07) is 18.7. The van der Waals surface area contributed by atoms with Crippen molar-refractivity contribution in [2.45, 2.75) is 6.61 Å². The molecule has 3 aromatic rings. The number of hydrogen-bond donors (Lipinski definition) is 1. The van der Waals surface area contributed by atoms with Crippen LogP contribution < -0.4 is 19.5 Å². The van der Waals surface area contributed by atoms with Gasteiger partial charge in [0.05, 0.1) is 14.2 Å². The number of methoxy groups -OCH3 is 2. The van der Waals surface area contributed by atoms with Gasteiger partial charge in [-0.25, -0.2) is 4.98 Å². The summed E-state index contributed by atoms with van der Waals surface area (Å²) in [7, 11) is 3.16. The smallest absolute Gasteiger partial charge is 0.249 e. The van der Waals surface area contributed by atoms with Crippen LogP contribution >= 0.6 is 0 Å². The number of benzene rings is 2. The summed E-state index contributed by atoms with van der Waals surface area (Å²) >= 11 is 0. The van der Waals surface area contributed by atoms with Crippen LogP contribution in [0.5, 0.6) is 17.2 Å². The summed E-state index contributed by atoms with van der Waals surface area (Å²) in [5.74, 6) is 1.83. The lowest BCUT2D eigenvalue weighted by Gasteiger charge is -2.11. The van der Waals surface area contributed by atoms with Gasteiger partial charge in [0.2, 0.25) is 5.91 Å². The number of anilines is 1. The predicted molar refractivity (Wildman–Crippen MR) is 112 cm³/mol. The summed E-state index contributed by atoms with van der Waals surface area (Å²) < 4.78 is 16.4. The zero-order chi connectivity index (χ0) is 20.5. The SMILES string of the molecule is COc1ccc(OC)c(/C=C/C(=O)Nc2ncccc2OCc2ccccc2)c1. The van der Waals surface area contributed by atoms with Gasteiger partial charge in [-0.15, -0.1) is 0 Å². The van der Waals surface area contributed by atoms with Crippen molar-refractivity contribution in [1.82, 2.24) is 4.98 Å². The topological polar surface area (TPSA) is 69.7 Å². The third-order valence-corrected chi connectivity index (χ3v) is 4.10. The average molecular weight is 390 g/mol. The highest BCUT2D eigenvalue weighted by Crippen LogP contribution is 2.25. The van der Waals surface area contributed by atoms with Crippen LogP contribution in [0.15, 0.2) is 72.9 Å². The van der Waals surface area contributed by atoms with Gasteiger partial charge in [0.15, 0.2) is 11.6 Å². The summed E-state index contributed by atoms with van der Waals surface area (Å²) in [5.41, 5.74) is 1.75. The molecule has 0 aliphatic carbocycles. The van der Waals surface area contributed by atoms with Crippen molar-refractivity contribution in [2.75, 3.05) is 19.5 Å². The van der Waals surface area contributed by atoms with Gasteiger partial charge in [0.1, 0.15) is 18.1 Å². The van der Waals surface area contributed by atoms with Crippen molar-refractivity contribution < 1.29 is 19.0 Å². The van der Waals surface area contributed by atoms with Crippen molar-refractivity contribution in [2.24, 2.45) is 0 Å². The minimum absolute atomic E-state index is 0.335. The van der Waals surface area contributed by atoms with Gasteiger partial charge in [-0.05, 0) is 42.0 Å². The van der Waals surface area contributed by atoms with E-state index in [-0.39, 0.29) is 5.91 Å². The number of carbonyl (C=O) groups is 1. The first kappa shape index (κ1) is 19.9. The van der Waals surface area contributed by atoms with E-state index in [1.165, 1.54) is 6.08 Å². The third kappa shape index (κ3) is 5.59. The highest BCUT2D eigenvalue weighted by Gasteiger charge is 2.08. The molecule has 0 spiro atoms. The van der Waals surface area contributed by atoms with Crippen molar-refractivity contribution in [3.8, 4) is 17.2 Å². The van der Waals surface area contributed by atoms with Crippen LogP contribution in [0.1, 0.15) is 11.1 Å². The number of nitrogens with zero attached hydrogens (tertiary/aromatic N) is 1. The number of rotatable bonds is 8. The molecule has 0 aliphatic heterocycles. The fourth-order valence-corrected chi connectivity index (χ4v) is 2.63. The molecule has 0 fully saturated rings. The van der Waals surface area contributed by atoms with Gasteiger partial charge >= 0.3 is 0 Å². The minimum Gasteiger partial charge on any atom is -0.497 e. The Morgan fingerprint density at radius 2 is 1.83 bits per heavy atom. The first-order valence-corrected chi connectivity index (χ1v) is 9.02. The Morgan fingerprint density at radius 1 is 1.00 bits per heavy atom. The number of hydrogen-bond acceptors (Lipinski definition) is 5. The monoisotopic (exact) mass is 390 g/mol. The standard InChI is InChI=1S/C23H22N2O4/c1-27-19-11-12-20(28-2)18(15-19)10-13-22(26)25-23-21(9-6-14-24-23)29-16-17-7-4-3-5-8-17/h3-15H,16H2,1-2H3,(H,24,25,26)/b13-10+. The Labute approximate surface area is 169 Å². The summed E-state index contributed by atoms with van der Waals surface area (Å²) in [6.07, 6.45) is 4.66. The van der Waals surface area contributed by atoms with Crippen LogP contribution in [0.3, 0.4) is 0 Å².